The first kappa shape index (κ1) is 14.2. The van der Waals surface area contributed by atoms with Crippen LogP contribution in [0.15, 0.2) is 30.6 Å². The molecule has 1 fully saturated rings. The van der Waals surface area contributed by atoms with Crippen molar-refractivity contribution in [1.82, 2.24) is 19.7 Å². The number of likely N-dealkylation sites (tertiary alicyclic amines) is 1. The van der Waals surface area contributed by atoms with Gasteiger partial charge in [0, 0.05) is 19.3 Å². The Hall–Kier alpha value is -2.70. The number of rotatable bonds is 3. The van der Waals surface area contributed by atoms with Crippen LogP contribution in [0.3, 0.4) is 0 Å². The lowest BCUT2D eigenvalue weighted by Gasteiger charge is -2.15. The summed E-state index contributed by atoms with van der Waals surface area (Å²) in [7, 11) is 0. The molecule has 0 aliphatic carbocycles. The van der Waals surface area contributed by atoms with E-state index in [4.69, 9.17) is 5.11 Å². The normalized spacial score (nSPS) is 17.7. The number of pyridine rings is 1. The van der Waals surface area contributed by atoms with E-state index in [1.54, 1.807) is 22.7 Å². The largest absolute Gasteiger partial charge is 0.481 e. The first-order valence-electron chi connectivity index (χ1n) is 7.06. The van der Waals surface area contributed by atoms with Gasteiger partial charge in [0.1, 0.15) is 0 Å². The number of nitrogens with zero attached hydrogens (tertiary/aromatic N) is 4. The van der Waals surface area contributed by atoms with Crippen molar-refractivity contribution in [3.05, 3.63) is 41.9 Å². The fourth-order valence-electron chi connectivity index (χ4n) is 2.65. The Labute approximate surface area is 127 Å². The van der Waals surface area contributed by atoms with Gasteiger partial charge >= 0.3 is 5.97 Å². The van der Waals surface area contributed by atoms with Crippen molar-refractivity contribution in [3.8, 4) is 5.82 Å². The van der Waals surface area contributed by atoms with Gasteiger partial charge in [-0.3, -0.25) is 9.59 Å². The summed E-state index contributed by atoms with van der Waals surface area (Å²) in [6.07, 6.45) is 3.67. The standard InChI is InChI=1S/C15H16N4O3/c1-10-12(8-17-19(10)13-4-2-3-6-16-13)14(20)18-7-5-11(9-18)15(21)22/h2-4,6,8,11H,5,7,9H2,1H3,(H,21,22)/t11-/m0/s1. The minimum absolute atomic E-state index is 0.177. The average molecular weight is 300 g/mol. The monoisotopic (exact) mass is 300 g/mol. The number of carbonyl (C=O) groups is 2. The van der Waals surface area contributed by atoms with E-state index in [1.165, 1.54) is 6.20 Å². The zero-order chi connectivity index (χ0) is 15.7. The third-order valence-corrected chi connectivity index (χ3v) is 3.93. The Kier molecular flexibility index (Phi) is 3.62. The van der Waals surface area contributed by atoms with E-state index in [0.29, 0.717) is 30.0 Å². The first-order valence-corrected chi connectivity index (χ1v) is 7.06. The maximum Gasteiger partial charge on any atom is 0.308 e. The van der Waals surface area contributed by atoms with Gasteiger partial charge < -0.3 is 10.0 Å². The van der Waals surface area contributed by atoms with Gasteiger partial charge in [-0.25, -0.2) is 9.67 Å². The predicted octanol–water partition coefficient (Wildman–Crippen LogP) is 1.12. The number of hydrogen-bond donors (Lipinski definition) is 1. The van der Waals surface area contributed by atoms with Crippen LogP contribution in [0.25, 0.3) is 5.82 Å². The van der Waals surface area contributed by atoms with E-state index >= 15 is 0 Å². The summed E-state index contributed by atoms with van der Waals surface area (Å²) >= 11 is 0. The molecule has 1 aliphatic rings. The maximum absolute atomic E-state index is 12.5. The molecule has 0 unspecified atom stereocenters. The number of carboxylic acid groups (broad SMARTS) is 1. The summed E-state index contributed by atoms with van der Waals surface area (Å²) in [5.41, 5.74) is 1.18. The lowest BCUT2D eigenvalue weighted by molar-refractivity contribution is -0.141. The van der Waals surface area contributed by atoms with E-state index in [1.807, 2.05) is 18.2 Å². The van der Waals surface area contributed by atoms with Gasteiger partial charge in [-0.15, -0.1) is 0 Å². The number of aromatic nitrogens is 3. The number of carbonyl (C=O) groups excluding carboxylic acids is 1. The maximum atomic E-state index is 12.5. The SMILES string of the molecule is Cc1c(C(=O)N2CC[C@H](C(=O)O)C2)cnn1-c1ccccn1. The molecule has 2 aromatic rings. The molecular weight excluding hydrogens is 284 g/mol. The highest BCUT2D eigenvalue weighted by molar-refractivity contribution is 5.95. The van der Waals surface area contributed by atoms with E-state index < -0.39 is 11.9 Å². The third kappa shape index (κ3) is 2.45. The van der Waals surface area contributed by atoms with Crippen LogP contribution in [-0.4, -0.2) is 49.7 Å². The van der Waals surface area contributed by atoms with Crippen LogP contribution < -0.4 is 0 Å². The molecule has 3 rings (SSSR count). The van der Waals surface area contributed by atoms with Gasteiger partial charge in [-0.05, 0) is 25.5 Å². The number of hydrogen-bond acceptors (Lipinski definition) is 4. The van der Waals surface area contributed by atoms with Crippen molar-refractivity contribution in [1.29, 1.82) is 0 Å². The molecule has 1 N–H and O–H groups in total. The molecule has 0 aromatic carbocycles. The molecule has 114 valence electrons. The topological polar surface area (TPSA) is 88.3 Å². The van der Waals surface area contributed by atoms with E-state index in [0.717, 1.165) is 0 Å². The quantitative estimate of drug-likeness (QED) is 0.917. The average Bonchev–Trinajstić information content (AvgIpc) is 3.14. The summed E-state index contributed by atoms with van der Waals surface area (Å²) in [6, 6.07) is 5.47. The summed E-state index contributed by atoms with van der Waals surface area (Å²) < 4.78 is 1.61. The van der Waals surface area contributed by atoms with Gasteiger partial charge in [0.2, 0.25) is 0 Å². The van der Waals surface area contributed by atoms with Crippen molar-refractivity contribution in [2.45, 2.75) is 13.3 Å². The molecule has 0 radical (unpaired) electrons. The molecule has 2 aromatic heterocycles. The van der Waals surface area contributed by atoms with Gasteiger partial charge in [0.05, 0.1) is 23.4 Å². The van der Waals surface area contributed by atoms with Crippen molar-refractivity contribution in [2.24, 2.45) is 5.92 Å². The van der Waals surface area contributed by atoms with E-state index in [-0.39, 0.29) is 12.5 Å². The molecule has 1 amide bonds. The molecule has 1 atom stereocenters. The minimum Gasteiger partial charge on any atom is -0.481 e. The van der Waals surface area contributed by atoms with Gasteiger partial charge in [-0.1, -0.05) is 6.07 Å². The van der Waals surface area contributed by atoms with Crippen molar-refractivity contribution >= 4 is 11.9 Å². The van der Waals surface area contributed by atoms with Crippen LogP contribution in [0, 0.1) is 12.8 Å². The third-order valence-electron chi connectivity index (χ3n) is 3.93. The molecular formula is C15H16N4O3. The fourth-order valence-corrected chi connectivity index (χ4v) is 2.65. The molecule has 1 saturated heterocycles. The zero-order valence-corrected chi connectivity index (χ0v) is 12.1. The second-order valence-corrected chi connectivity index (χ2v) is 5.32. The Morgan fingerprint density at radius 3 is 2.82 bits per heavy atom. The predicted molar refractivity (Wildman–Crippen MR) is 77.7 cm³/mol. The lowest BCUT2D eigenvalue weighted by Crippen LogP contribution is -2.30. The van der Waals surface area contributed by atoms with Crippen LogP contribution in [0.2, 0.25) is 0 Å². The molecule has 0 saturated carbocycles. The molecule has 7 nitrogen and oxygen atoms in total. The molecule has 0 spiro atoms. The smallest absolute Gasteiger partial charge is 0.308 e. The Balaban J connectivity index is 1.83. The van der Waals surface area contributed by atoms with Crippen LogP contribution in [0.5, 0.6) is 0 Å². The Bertz CT molecular complexity index is 711. The summed E-state index contributed by atoms with van der Waals surface area (Å²) in [5.74, 6) is -0.862. The van der Waals surface area contributed by atoms with Crippen LogP contribution in [-0.2, 0) is 4.79 Å². The lowest BCUT2D eigenvalue weighted by atomic mass is 10.1. The highest BCUT2D eigenvalue weighted by Crippen LogP contribution is 2.21. The fraction of sp³-hybridized carbons (Fsp3) is 0.333. The van der Waals surface area contributed by atoms with Crippen molar-refractivity contribution in [2.75, 3.05) is 13.1 Å². The molecule has 1 aliphatic heterocycles. The summed E-state index contributed by atoms with van der Waals surface area (Å²) in [6.45, 7) is 2.52. The van der Waals surface area contributed by atoms with Crippen LogP contribution >= 0.6 is 0 Å². The minimum atomic E-state index is -0.851. The van der Waals surface area contributed by atoms with Gasteiger partial charge in [0.25, 0.3) is 5.91 Å². The molecule has 7 heteroatoms. The summed E-state index contributed by atoms with van der Waals surface area (Å²) in [4.78, 5) is 29.3. The highest BCUT2D eigenvalue weighted by atomic mass is 16.4. The van der Waals surface area contributed by atoms with Gasteiger partial charge in [-0.2, -0.15) is 5.10 Å². The van der Waals surface area contributed by atoms with Crippen molar-refractivity contribution in [3.63, 3.8) is 0 Å². The Morgan fingerprint density at radius 2 is 2.18 bits per heavy atom. The molecule has 22 heavy (non-hydrogen) atoms. The van der Waals surface area contributed by atoms with Crippen molar-refractivity contribution < 1.29 is 14.7 Å². The number of aliphatic carboxylic acids is 1. The number of amides is 1. The molecule has 0 bridgehead atoms. The van der Waals surface area contributed by atoms with Crippen LogP contribution in [0.4, 0.5) is 0 Å². The first-order chi connectivity index (χ1) is 10.6. The zero-order valence-electron chi connectivity index (χ0n) is 12.1. The highest BCUT2D eigenvalue weighted by Gasteiger charge is 2.32. The van der Waals surface area contributed by atoms with Gasteiger partial charge in [0.15, 0.2) is 5.82 Å². The molecule has 3 heterocycles. The van der Waals surface area contributed by atoms with E-state index in [2.05, 4.69) is 10.1 Å². The number of carboxylic acids is 1. The van der Waals surface area contributed by atoms with E-state index in [9.17, 15) is 9.59 Å². The summed E-state index contributed by atoms with van der Waals surface area (Å²) in [5, 5.41) is 13.3. The second-order valence-electron chi connectivity index (χ2n) is 5.32. The Morgan fingerprint density at radius 1 is 1.36 bits per heavy atom. The van der Waals surface area contributed by atoms with Crippen LogP contribution in [0.1, 0.15) is 22.5 Å². The second kappa shape index (κ2) is 5.59.